The molecule has 1 aliphatic heterocycles. The van der Waals surface area contributed by atoms with E-state index < -0.39 is 0 Å². The van der Waals surface area contributed by atoms with E-state index in [1.807, 2.05) is 12.1 Å². The Bertz CT molecular complexity index is 394. The lowest BCUT2D eigenvalue weighted by Crippen LogP contribution is -2.39. The molecule has 1 aliphatic rings. The Morgan fingerprint density at radius 2 is 2.41 bits per heavy atom. The van der Waals surface area contributed by atoms with Crippen LogP contribution in [0.3, 0.4) is 0 Å². The fraction of sp³-hybridized carbons (Fsp3) is 0.583. The van der Waals surface area contributed by atoms with Crippen LogP contribution in [0.1, 0.15) is 11.8 Å². The molecule has 0 saturated carbocycles. The lowest BCUT2D eigenvalue weighted by molar-refractivity contribution is -0.122. The summed E-state index contributed by atoms with van der Waals surface area (Å²) in [5, 5.41) is 3.31. The summed E-state index contributed by atoms with van der Waals surface area (Å²) in [6.07, 6.45) is 0.520. The van der Waals surface area contributed by atoms with E-state index in [-0.39, 0.29) is 17.7 Å². The highest BCUT2D eigenvalue weighted by molar-refractivity contribution is 9.11. The predicted molar refractivity (Wildman–Crippen MR) is 72.5 cm³/mol. The molecule has 1 saturated heterocycles. The van der Waals surface area contributed by atoms with Gasteiger partial charge in [-0.25, -0.2) is 0 Å². The third-order valence-electron chi connectivity index (χ3n) is 2.94. The second-order valence-corrected chi connectivity index (χ2v) is 6.70. The molecule has 1 aromatic rings. The first-order valence-corrected chi connectivity index (χ1v) is 7.39. The van der Waals surface area contributed by atoms with E-state index in [1.54, 1.807) is 11.3 Å². The largest absolute Gasteiger partial charge is 0.379 e. The Hall–Kier alpha value is -0.230. The van der Waals surface area contributed by atoms with Crippen LogP contribution in [0, 0.1) is 5.92 Å². The van der Waals surface area contributed by atoms with Crippen LogP contribution in [-0.4, -0.2) is 31.6 Å². The third-order valence-corrected chi connectivity index (χ3v) is 4.56. The summed E-state index contributed by atoms with van der Waals surface area (Å²) in [6.45, 7) is 4.14. The van der Waals surface area contributed by atoms with E-state index in [4.69, 9.17) is 4.74 Å². The van der Waals surface area contributed by atoms with Crippen LogP contribution in [0.25, 0.3) is 0 Å². The number of rotatable bonds is 5. The second-order valence-electron chi connectivity index (χ2n) is 4.16. The Morgan fingerprint density at radius 1 is 1.59 bits per heavy atom. The van der Waals surface area contributed by atoms with Gasteiger partial charge in [0.2, 0.25) is 0 Å². The summed E-state index contributed by atoms with van der Waals surface area (Å²) < 4.78 is 6.47. The maximum absolute atomic E-state index is 12.2. The number of hydrogen-bond donors (Lipinski definition) is 1. The van der Waals surface area contributed by atoms with Crippen molar-refractivity contribution >= 4 is 33.0 Å². The average molecular weight is 318 g/mol. The summed E-state index contributed by atoms with van der Waals surface area (Å²) >= 11 is 5.04. The van der Waals surface area contributed by atoms with Crippen LogP contribution in [0.15, 0.2) is 15.9 Å². The molecule has 0 aromatic carbocycles. The number of thiophene rings is 1. The normalized spacial score (nSPS) is 24.1. The zero-order valence-electron chi connectivity index (χ0n) is 9.74. The first-order valence-electron chi connectivity index (χ1n) is 5.78. The van der Waals surface area contributed by atoms with Crippen LogP contribution >= 0.6 is 27.3 Å². The highest BCUT2D eigenvalue weighted by Crippen LogP contribution is 2.24. The fourth-order valence-corrected chi connectivity index (χ4v) is 3.58. The molecule has 0 bridgehead atoms. The fourth-order valence-electron chi connectivity index (χ4n) is 2.08. The molecule has 1 aromatic heterocycles. The molecule has 1 fully saturated rings. The summed E-state index contributed by atoms with van der Waals surface area (Å²) in [6, 6.07) is 4.18. The van der Waals surface area contributed by atoms with Crippen molar-refractivity contribution in [3.8, 4) is 0 Å². The molecule has 94 valence electrons. The van der Waals surface area contributed by atoms with E-state index >= 15 is 0 Å². The molecule has 2 unspecified atom stereocenters. The predicted octanol–water partition coefficient (Wildman–Crippen LogP) is 2.25. The topological polar surface area (TPSA) is 38.3 Å². The second kappa shape index (κ2) is 6.09. The number of nitrogens with one attached hydrogen (secondary N) is 1. The molecular formula is C12H16BrNO2S. The summed E-state index contributed by atoms with van der Waals surface area (Å²) in [5.74, 6) is 0.290. The van der Waals surface area contributed by atoms with E-state index in [9.17, 15) is 4.79 Å². The van der Waals surface area contributed by atoms with Gasteiger partial charge >= 0.3 is 0 Å². The first kappa shape index (κ1) is 13.2. The van der Waals surface area contributed by atoms with Crippen molar-refractivity contribution in [1.82, 2.24) is 5.32 Å². The molecular weight excluding hydrogens is 302 g/mol. The molecule has 3 nitrogen and oxygen atoms in total. The SMILES string of the molecule is CCNC1COCC1C(=O)Cc1ccc(Br)s1. The van der Waals surface area contributed by atoms with Gasteiger partial charge in [0.05, 0.1) is 22.9 Å². The lowest BCUT2D eigenvalue weighted by atomic mass is 9.96. The Balaban J connectivity index is 1.95. The molecule has 2 atom stereocenters. The van der Waals surface area contributed by atoms with Crippen molar-refractivity contribution in [3.63, 3.8) is 0 Å². The number of likely N-dealkylation sites (N-methyl/N-ethyl adjacent to an activating group) is 1. The zero-order valence-corrected chi connectivity index (χ0v) is 12.1. The van der Waals surface area contributed by atoms with E-state index in [1.165, 1.54) is 0 Å². The summed E-state index contributed by atoms with van der Waals surface area (Å²) in [7, 11) is 0. The monoisotopic (exact) mass is 317 g/mol. The maximum atomic E-state index is 12.2. The van der Waals surface area contributed by atoms with Crippen LogP contribution in [-0.2, 0) is 16.0 Å². The minimum atomic E-state index is 0.0100. The molecule has 0 aliphatic carbocycles. The average Bonchev–Trinajstić information content (AvgIpc) is 2.88. The van der Waals surface area contributed by atoms with Gasteiger partial charge in [0.15, 0.2) is 0 Å². The van der Waals surface area contributed by atoms with Crippen molar-refractivity contribution < 1.29 is 9.53 Å². The molecule has 2 heterocycles. The Morgan fingerprint density at radius 3 is 3.06 bits per heavy atom. The van der Waals surface area contributed by atoms with Crippen molar-refractivity contribution in [3.05, 3.63) is 20.8 Å². The van der Waals surface area contributed by atoms with Crippen molar-refractivity contribution in [2.24, 2.45) is 5.92 Å². The smallest absolute Gasteiger partial charge is 0.145 e. The van der Waals surface area contributed by atoms with Gasteiger partial charge in [0, 0.05) is 17.3 Å². The van der Waals surface area contributed by atoms with Gasteiger partial charge in [-0.1, -0.05) is 6.92 Å². The number of carbonyl (C=O) groups is 1. The first-order chi connectivity index (χ1) is 8.20. The standard InChI is InChI=1S/C12H16BrNO2S/c1-2-14-10-7-16-6-9(10)11(15)5-8-3-4-12(13)17-8/h3-4,9-10,14H,2,5-7H2,1H3. The van der Waals surface area contributed by atoms with Crippen LogP contribution < -0.4 is 5.32 Å². The van der Waals surface area contributed by atoms with Gasteiger partial charge < -0.3 is 10.1 Å². The van der Waals surface area contributed by atoms with Gasteiger partial charge in [0.25, 0.3) is 0 Å². The molecule has 5 heteroatoms. The van der Waals surface area contributed by atoms with Crippen molar-refractivity contribution in [2.75, 3.05) is 19.8 Å². The van der Waals surface area contributed by atoms with Crippen molar-refractivity contribution in [1.29, 1.82) is 0 Å². The minimum Gasteiger partial charge on any atom is -0.379 e. The van der Waals surface area contributed by atoms with Gasteiger partial charge in [-0.15, -0.1) is 11.3 Å². The number of ketones is 1. The highest BCUT2D eigenvalue weighted by atomic mass is 79.9. The van der Waals surface area contributed by atoms with Crippen LogP contribution in [0.2, 0.25) is 0 Å². The van der Waals surface area contributed by atoms with E-state index in [2.05, 4.69) is 28.2 Å². The molecule has 17 heavy (non-hydrogen) atoms. The molecule has 2 rings (SSSR count). The minimum absolute atomic E-state index is 0.0100. The van der Waals surface area contributed by atoms with E-state index in [0.29, 0.717) is 19.6 Å². The number of hydrogen-bond acceptors (Lipinski definition) is 4. The number of ether oxygens (including phenoxy) is 1. The van der Waals surface area contributed by atoms with Gasteiger partial charge in [-0.3, -0.25) is 4.79 Å². The van der Waals surface area contributed by atoms with Crippen LogP contribution in [0.5, 0.6) is 0 Å². The Kier molecular flexibility index (Phi) is 4.73. The molecule has 0 spiro atoms. The summed E-state index contributed by atoms with van der Waals surface area (Å²) in [5.41, 5.74) is 0. The van der Waals surface area contributed by atoms with Gasteiger partial charge in [-0.2, -0.15) is 0 Å². The molecule has 1 N–H and O–H groups in total. The summed E-state index contributed by atoms with van der Waals surface area (Å²) in [4.78, 5) is 13.3. The zero-order chi connectivity index (χ0) is 12.3. The van der Waals surface area contributed by atoms with Crippen molar-refractivity contribution in [2.45, 2.75) is 19.4 Å². The van der Waals surface area contributed by atoms with Crippen LogP contribution in [0.4, 0.5) is 0 Å². The number of halogens is 1. The van der Waals surface area contributed by atoms with Gasteiger partial charge in [0.1, 0.15) is 5.78 Å². The molecule has 0 amide bonds. The number of Topliss-reactive ketones (excluding diaryl/α,β-unsaturated/α-hetero) is 1. The van der Waals surface area contributed by atoms with Gasteiger partial charge in [-0.05, 0) is 34.6 Å². The highest BCUT2D eigenvalue weighted by Gasteiger charge is 2.33. The number of carbonyl (C=O) groups excluding carboxylic acids is 1. The van der Waals surface area contributed by atoms with E-state index in [0.717, 1.165) is 15.2 Å². The maximum Gasteiger partial charge on any atom is 0.145 e. The molecule has 0 radical (unpaired) electrons. The quantitative estimate of drug-likeness (QED) is 0.905. The third kappa shape index (κ3) is 3.37. The lowest BCUT2D eigenvalue weighted by Gasteiger charge is -2.16. The Labute approximate surface area is 114 Å².